The summed E-state index contributed by atoms with van der Waals surface area (Å²) in [5.41, 5.74) is 1.65. The topological polar surface area (TPSA) is 78.2 Å². The molecule has 1 saturated heterocycles. The Labute approximate surface area is 144 Å². The molecule has 0 saturated carbocycles. The number of pyridine rings is 1. The van der Waals surface area contributed by atoms with E-state index < -0.39 is 0 Å². The molecular formula is C17H15ClN4O2. The van der Waals surface area contributed by atoms with Crippen molar-refractivity contribution < 1.29 is 9.53 Å². The number of rotatable bonds is 4. The highest BCUT2D eigenvalue weighted by atomic mass is 35.5. The first-order valence-electron chi connectivity index (χ1n) is 7.44. The second kappa shape index (κ2) is 6.77. The Bertz CT molecular complexity index is 832. The number of anilines is 3. The molecule has 3 rings (SSSR count). The van der Waals surface area contributed by atoms with Crippen molar-refractivity contribution in [1.29, 1.82) is 5.26 Å². The monoisotopic (exact) mass is 342 g/mol. The van der Waals surface area contributed by atoms with Crippen LogP contribution in [0.1, 0.15) is 18.5 Å². The van der Waals surface area contributed by atoms with Gasteiger partial charge in [-0.1, -0.05) is 11.6 Å². The summed E-state index contributed by atoms with van der Waals surface area (Å²) >= 11 is 5.88. The molecule has 0 bridgehead atoms. The third kappa shape index (κ3) is 3.12. The van der Waals surface area contributed by atoms with E-state index in [9.17, 15) is 4.79 Å². The van der Waals surface area contributed by atoms with E-state index in [1.807, 2.05) is 18.2 Å². The van der Waals surface area contributed by atoms with E-state index in [1.54, 1.807) is 30.2 Å². The fourth-order valence-corrected chi connectivity index (χ4v) is 2.77. The zero-order chi connectivity index (χ0) is 17.1. The Morgan fingerprint density at radius 1 is 1.38 bits per heavy atom. The number of ether oxygens (including phenoxy) is 1. The minimum atomic E-state index is 0.104. The number of carbonyl (C=O) groups is 1. The maximum absolute atomic E-state index is 11.9. The van der Waals surface area contributed by atoms with E-state index in [2.05, 4.69) is 10.3 Å². The number of carbonyl (C=O) groups excluding carboxylic acids is 1. The van der Waals surface area contributed by atoms with Crippen LogP contribution < -0.4 is 15.0 Å². The zero-order valence-corrected chi connectivity index (χ0v) is 13.8. The zero-order valence-electron chi connectivity index (χ0n) is 13.0. The summed E-state index contributed by atoms with van der Waals surface area (Å²) in [6.45, 7) is 0.701. The molecule has 0 atom stereocenters. The quantitative estimate of drug-likeness (QED) is 0.920. The van der Waals surface area contributed by atoms with Crippen molar-refractivity contribution in [3.63, 3.8) is 0 Å². The summed E-state index contributed by atoms with van der Waals surface area (Å²) in [6, 6.07) is 10.7. The lowest BCUT2D eigenvalue weighted by Gasteiger charge is -2.19. The number of hydrogen-bond donors (Lipinski definition) is 1. The fourth-order valence-electron chi connectivity index (χ4n) is 2.62. The average molecular weight is 343 g/mol. The van der Waals surface area contributed by atoms with E-state index in [0.717, 1.165) is 17.8 Å². The molecule has 0 unspecified atom stereocenters. The normalized spacial score (nSPS) is 13.7. The van der Waals surface area contributed by atoms with Crippen LogP contribution >= 0.6 is 11.6 Å². The highest BCUT2D eigenvalue weighted by Crippen LogP contribution is 2.34. The van der Waals surface area contributed by atoms with Crippen molar-refractivity contribution in [3.05, 3.63) is 41.0 Å². The van der Waals surface area contributed by atoms with Gasteiger partial charge in [0.15, 0.2) is 5.69 Å². The molecular weight excluding hydrogens is 328 g/mol. The van der Waals surface area contributed by atoms with Gasteiger partial charge in [0.05, 0.1) is 17.8 Å². The summed E-state index contributed by atoms with van der Waals surface area (Å²) in [7, 11) is 1.57. The van der Waals surface area contributed by atoms with Gasteiger partial charge in [-0.3, -0.25) is 4.79 Å². The van der Waals surface area contributed by atoms with Gasteiger partial charge in [-0.2, -0.15) is 5.26 Å². The standard InChI is InChI=1S/C17H15ClN4O2/c1-24-15-9-11(4-6-14(15)22-8-2-3-17(22)23)20-16-7-5-12(18)13(10-19)21-16/h4-7,9H,2-3,8H2,1H3,(H,20,21). The van der Waals surface area contributed by atoms with Gasteiger partial charge >= 0.3 is 0 Å². The highest BCUT2D eigenvalue weighted by molar-refractivity contribution is 6.31. The first kappa shape index (κ1) is 16.1. The molecule has 1 aromatic carbocycles. The van der Waals surface area contributed by atoms with E-state index in [4.69, 9.17) is 21.6 Å². The van der Waals surface area contributed by atoms with E-state index in [0.29, 0.717) is 29.6 Å². The molecule has 1 aliphatic rings. The Morgan fingerprint density at radius 2 is 2.21 bits per heavy atom. The highest BCUT2D eigenvalue weighted by Gasteiger charge is 2.24. The van der Waals surface area contributed by atoms with Crippen LogP contribution in [0.2, 0.25) is 5.02 Å². The number of benzene rings is 1. The van der Waals surface area contributed by atoms with Gasteiger partial charge in [-0.25, -0.2) is 4.98 Å². The second-order valence-corrected chi connectivity index (χ2v) is 5.71. The molecule has 0 aliphatic carbocycles. The summed E-state index contributed by atoms with van der Waals surface area (Å²) in [5.74, 6) is 1.21. The van der Waals surface area contributed by atoms with Crippen molar-refractivity contribution in [3.8, 4) is 11.8 Å². The van der Waals surface area contributed by atoms with Gasteiger partial charge < -0.3 is 15.0 Å². The van der Waals surface area contributed by atoms with Crippen molar-refractivity contribution >= 4 is 34.7 Å². The Morgan fingerprint density at radius 3 is 2.88 bits per heavy atom. The van der Waals surface area contributed by atoms with Crippen LogP contribution in [-0.4, -0.2) is 24.5 Å². The first-order valence-corrected chi connectivity index (χ1v) is 7.82. The maximum Gasteiger partial charge on any atom is 0.227 e. The molecule has 1 N–H and O–H groups in total. The average Bonchev–Trinajstić information content (AvgIpc) is 3.02. The number of halogens is 1. The van der Waals surface area contributed by atoms with Crippen LogP contribution in [0.25, 0.3) is 0 Å². The molecule has 6 nitrogen and oxygen atoms in total. The molecule has 24 heavy (non-hydrogen) atoms. The van der Waals surface area contributed by atoms with E-state index in [-0.39, 0.29) is 11.6 Å². The van der Waals surface area contributed by atoms with Crippen LogP contribution in [0.5, 0.6) is 5.75 Å². The lowest BCUT2D eigenvalue weighted by Crippen LogP contribution is -2.24. The van der Waals surface area contributed by atoms with Crippen molar-refractivity contribution in [2.75, 3.05) is 23.9 Å². The van der Waals surface area contributed by atoms with Crippen LogP contribution in [0.4, 0.5) is 17.2 Å². The van der Waals surface area contributed by atoms with Crippen LogP contribution in [0, 0.1) is 11.3 Å². The van der Waals surface area contributed by atoms with Crippen LogP contribution in [-0.2, 0) is 4.79 Å². The number of nitrogens with one attached hydrogen (secondary N) is 1. The smallest absolute Gasteiger partial charge is 0.227 e. The van der Waals surface area contributed by atoms with Crippen molar-refractivity contribution in [1.82, 2.24) is 4.98 Å². The first-order chi connectivity index (χ1) is 11.6. The molecule has 1 aromatic heterocycles. The van der Waals surface area contributed by atoms with Crippen molar-refractivity contribution in [2.45, 2.75) is 12.8 Å². The molecule has 122 valence electrons. The van der Waals surface area contributed by atoms with E-state index >= 15 is 0 Å². The minimum Gasteiger partial charge on any atom is -0.494 e. The number of hydrogen-bond acceptors (Lipinski definition) is 5. The number of nitrogens with zero attached hydrogens (tertiary/aromatic N) is 3. The van der Waals surface area contributed by atoms with Crippen LogP contribution in [0.3, 0.4) is 0 Å². The third-order valence-electron chi connectivity index (χ3n) is 3.77. The minimum absolute atomic E-state index is 0.104. The lowest BCUT2D eigenvalue weighted by atomic mass is 10.2. The van der Waals surface area contributed by atoms with E-state index in [1.165, 1.54) is 0 Å². The number of aromatic nitrogens is 1. The molecule has 2 heterocycles. The van der Waals surface area contributed by atoms with Gasteiger partial charge in [0, 0.05) is 24.7 Å². The van der Waals surface area contributed by atoms with Crippen molar-refractivity contribution in [2.24, 2.45) is 0 Å². The van der Waals surface area contributed by atoms with Crippen LogP contribution in [0.15, 0.2) is 30.3 Å². The number of nitriles is 1. The Kier molecular flexibility index (Phi) is 4.54. The summed E-state index contributed by atoms with van der Waals surface area (Å²) < 4.78 is 5.42. The van der Waals surface area contributed by atoms with Gasteiger partial charge in [0.2, 0.25) is 5.91 Å². The molecule has 7 heteroatoms. The largest absolute Gasteiger partial charge is 0.494 e. The maximum atomic E-state index is 11.9. The van der Waals surface area contributed by atoms with Gasteiger partial charge in [0.25, 0.3) is 0 Å². The molecule has 0 spiro atoms. The summed E-state index contributed by atoms with van der Waals surface area (Å²) in [4.78, 5) is 17.8. The van der Waals surface area contributed by atoms with Gasteiger partial charge in [0.1, 0.15) is 17.6 Å². The number of amides is 1. The molecule has 2 aromatic rings. The van der Waals surface area contributed by atoms with Gasteiger partial charge in [-0.05, 0) is 30.7 Å². The molecule has 0 radical (unpaired) electrons. The Balaban J connectivity index is 1.87. The third-order valence-corrected chi connectivity index (χ3v) is 4.07. The SMILES string of the molecule is COc1cc(Nc2ccc(Cl)c(C#N)n2)ccc1N1CCCC1=O. The lowest BCUT2D eigenvalue weighted by molar-refractivity contribution is -0.117. The molecule has 1 fully saturated rings. The number of methoxy groups -OCH3 is 1. The Hall–Kier alpha value is -2.78. The summed E-state index contributed by atoms with van der Waals surface area (Å²) in [6.07, 6.45) is 1.42. The predicted octanol–water partition coefficient (Wildman–Crippen LogP) is 3.49. The van der Waals surface area contributed by atoms with Gasteiger partial charge in [-0.15, -0.1) is 0 Å². The second-order valence-electron chi connectivity index (χ2n) is 5.30. The summed E-state index contributed by atoms with van der Waals surface area (Å²) in [5, 5.41) is 12.4. The predicted molar refractivity (Wildman–Crippen MR) is 91.8 cm³/mol. The molecule has 1 amide bonds. The fraction of sp³-hybridized carbons (Fsp3) is 0.235. The molecule has 1 aliphatic heterocycles.